The zero-order valence-corrected chi connectivity index (χ0v) is 10.3. The highest BCUT2D eigenvalue weighted by Crippen LogP contribution is 2.18. The molecule has 0 fully saturated rings. The topological polar surface area (TPSA) is 94.3 Å². The summed E-state index contributed by atoms with van der Waals surface area (Å²) in [6, 6.07) is 6.81. The number of benzene rings is 1. The van der Waals surface area contributed by atoms with Crippen LogP contribution >= 0.6 is 0 Å². The van der Waals surface area contributed by atoms with Gasteiger partial charge in [0.15, 0.2) is 0 Å². The minimum atomic E-state index is -0.686. The molecule has 0 spiro atoms. The fourth-order valence-corrected chi connectivity index (χ4v) is 1.42. The van der Waals surface area contributed by atoms with E-state index in [-0.39, 0.29) is 17.6 Å². The summed E-state index contributed by atoms with van der Waals surface area (Å²) in [5.74, 6) is -0.771. The molecule has 0 atom stereocenters. The van der Waals surface area contributed by atoms with Gasteiger partial charge in [-0.3, -0.25) is 4.79 Å². The Kier molecular flexibility index (Phi) is 3.56. The molecule has 1 N–H and O–H groups in total. The molecule has 19 heavy (non-hydrogen) atoms. The largest absolute Gasteiger partial charge is 0.462 e. The SMILES string of the molecule is COC(=O)c1nc(-c2ccc(NC(C)=O)cc2)no1. The summed E-state index contributed by atoms with van der Waals surface area (Å²) in [4.78, 5) is 25.9. The summed E-state index contributed by atoms with van der Waals surface area (Å²) < 4.78 is 9.23. The Balaban J connectivity index is 2.20. The van der Waals surface area contributed by atoms with Gasteiger partial charge in [-0.2, -0.15) is 4.98 Å². The molecule has 0 bridgehead atoms. The number of nitrogens with zero attached hydrogens (tertiary/aromatic N) is 2. The minimum absolute atomic E-state index is 0.153. The third-order valence-corrected chi connectivity index (χ3v) is 2.25. The van der Waals surface area contributed by atoms with Crippen LogP contribution in [0, 0.1) is 0 Å². The molecule has 0 saturated heterocycles. The van der Waals surface area contributed by atoms with Crippen LogP contribution in [0.3, 0.4) is 0 Å². The van der Waals surface area contributed by atoms with E-state index in [0.717, 1.165) is 0 Å². The molecule has 0 unspecified atom stereocenters. The van der Waals surface area contributed by atoms with Crippen LogP contribution in [0.1, 0.15) is 17.6 Å². The lowest BCUT2D eigenvalue weighted by Crippen LogP contribution is -2.05. The maximum Gasteiger partial charge on any atom is 0.397 e. The average Bonchev–Trinajstić information content (AvgIpc) is 2.87. The molecular weight excluding hydrogens is 250 g/mol. The van der Waals surface area contributed by atoms with Gasteiger partial charge in [-0.25, -0.2) is 4.79 Å². The quantitative estimate of drug-likeness (QED) is 0.841. The van der Waals surface area contributed by atoms with Crippen LogP contribution in [-0.2, 0) is 9.53 Å². The number of ether oxygens (including phenoxy) is 1. The summed E-state index contributed by atoms with van der Waals surface area (Å²) in [6.45, 7) is 1.43. The van der Waals surface area contributed by atoms with E-state index < -0.39 is 5.97 Å². The van der Waals surface area contributed by atoms with Crippen LogP contribution in [0.4, 0.5) is 5.69 Å². The van der Waals surface area contributed by atoms with Gasteiger partial charge >= 0.3 is 11.9 Å². The first kappa shape index (κ1) is 12.7. The second-order valence-electron chi connectivity index (χ2n) is 3.67. The van der Waals surface area contributed by atoms with Gasteiger partial charge in [-0.15, -0.1) is 0 Å². The zero-order chi connectivity index (χ0) is 13.8. The number of nitrogens with one attached hydrogen (secondary N) is 1. The van der Waals surface area contributed by atoms with Crippen molar-refractivity contribution < 1.29 is 18.8 Å². The van der Waals surface area contributed by atoms with E-state index in [1.807, 2.05) is 0 Å². The number of aromatic nitrogens is 2. The number of anilines is 1. The summed E-state index contributed by atoms with van der Waals surface area (Å²) in [6.07, 6.45) is 0. The van der Waals surface area contributed by atoms with Crippen molar-refractivity contribution in [1.29, 1.82) is 0 Å². The number of carbonyl (C=O) groups excluding carboxylic acids is 2. The number of methoxy groups -OCH3 is 1. The highest BCUT2D eigenvalue weighted by molar-refractivity contribution is 5.89. The van der Waals surface area contributed by atoms with E-state index in [9.17, 15) is 9.59 Å². The number of carbonyl (C=O) groups is 2. The lowest BCUT2D eigenvalue weighted by molar-refractivity contribution is -0.114. The molecule has 2 rings (SSSR count). The zero-order valence-electron chi connectivity index (χ0n) is 10.3. The van der Waals surface area contributed by atoms with Crippen molar-refractivity contribution in [2.24, 2.45) is 0 Å². The first-order valence-electron chi connectivity index (χ1n) is 5.40. The predicted octanol–water partition coefficient (Wildman–Crippen LogP) is 1.48. The normalized spacial score (nSPS) is 10.0. The number of hydrogen-bond donors (Lipinski definition) is 1. The molecule has 98 valence electrons. The van der Waals surface area contributed by atoms with Crippen molar-refractivity contribution in [1.82, 2.24) is 10.1 Å². The summed E-state index contributed by atoms with van der Waals surface area (Å²) >= 11 is 0. The monoisotopic (exact) mass is 261 g/mol. The van der Waals surface area contributed by atoms with Crippen molar-refractivity contribution in [2.45, 2.75) is 6.92 Å². The fraction of sp³-hybridized carbons (Fsp3) is 0.167. The number of esters is 1. The Hall–Kier alpha value is -2.70. The van der Waals surface area contributed by atoms with Crippen LogP contribution in [0.15, 0.2) is 28.8 Å². The molecule has 7 nitrogen and oxygen atoms in total. The number of hydrogen-bond acceptors (Lipinski definition) is 6. The van der Waals surface area contributed by atoms with Crippen molar-refractivity contribution in [3.8, 4) is 11.4 Å². The van der Waals surface area contributed by atoms with E-state index in [4.69, 9.17) is 4.52 Å². The Morgan fingerprint density at radius 1 is 1.26 bits per heavy atom. The maximum atomic E-state index is 11.2. The fourth-order valence-electron chi connectivity index (χ4n) is 1.42. The first-order valence-corrected chi connectivity index (χ1v) is 5.40. The molecule has 1 amide bonds. The molecule has 1 aromatic heterocycles. The lowest BCUT2D eigenvalue weighted by Gasteiger charge is -2.01. The number of amides is 1. The van der Waals surface area contributed by atoms with E-state index in [1.165, 1.54) is 14.0 Å². The Bertz CT molecular complexity index is 604. The first-order chi connectivity index (χ1) is 9.10. The molecule has 0 radical (unpaired) electrons. The Morgan fingerprint density at radius 3 is 2.53 bits per heavy atom. The maximum absolute atomic E-state index is 11.2. The van der Waals surface area contributed by atoms with Crippen LogP contribution in [-0.4, -0.2) is 29.1 Å². The summed E-state index contributed by atoms with van der Waals surface area (Å²) in [5.41, 5.74) is 1.32. The highest BCUT2D eigenvalue weighted by atomic mass is 16.6. The van der Waals surface area contributed by atoms with Gasteiger partial charge in [0.2, 0.25) is 11.7 Å². The highest BCUT2D eigenvalue weighted by Gasteiger charge is 2.16. The van der Waals surface area contributed by atoms with E-state index in [2.05, 4.69) is 20.2 Å². The number of rotatable bonds is 3. The predicted molar refractivity (Wildman–Crippen MR) is 65.4 cm³/mol. The second-order valence-corrected chi connectivity index (χ2v) is 3.67. The van der Waals surface area contributed by atoms with E-state index in [1.54, 1.807) is 24.3 Å². The second kappa shape index (κ2) is 5.30. The van der Waals surface area contributed by atoms with Crippen LogP contribution in [0.2, 0.25) is 0 Å². The van der Waals surface area contributed by atoms with Gasteiger partial charge in [-0.1, -0.05) is 5.16 Å². The molecule has 1 heterocycles. The summed E-state index contributed by atoms with van der Waals surface area (Å²) in [5, 5.41) is 6.31. The van der Waals surface area contributed by atoms with Gasteiger partial charge in [0, 0.05) is 18.2 Å². The van der Waals surface area contributed by atoms with Gasteiger partial charge in [-0.05, 0) is 24.3 Å². The van der Waals surface area contributed by atoms with Crippen molar-refractivity contribution in [3.05, 3.63) is 30.2 Å². The molecular formula is C12H11N3O4. The third-order valence-electron chi connectivity index (χ3n) is 2.25. The molecule has 7 heteroatoms. The van der Waals surface area contributed by atoms with E-state index in [0.29, 0.717) is 11.3 Å². The Labute approximate surface area is 108 Å². The van der Waals surface area contributed by atoms with Gasteiger partial charge < -0.3 is 14.6 Å². The van der Waals surface area contributed by atoms with Gasteiger partial charge in [0.05, 0.1) is 7.11 Å². The van der Waals surface area contributed by atoms with Crippen LogP contribution < -0.4 is 5.32 Å². The smallest absolute Gasteiger partial charge is 0.397 e. The van der Waals surface area contributed by atoms with E-state index >= 15 is 0 Å². The minimum Gasteiger partial charge on any atom is -0.462 e. The Morgan fingerprint density at radius 2 is 1.95 bits per heavy atom. The van der Waals surface area contributed by atoms with Crippen molar-refractivity contribution in [2.75, 3.05) is 12.4 Å². The molecule has 2 aromatic rings. The van der Waals surface area contributed by atoms with Crippen molar-refractivity contribution in [3.63, 3.8) is 0 Å². The molecule has 0 aliphatic heterocycles. The molecule has 0 aliphatic rings. The average molecular weight is 261 g/mol. The summed E-state index contributed by atoms with van der Waals surface area (Å²) in [7, 11) is 1.23. The standard InChI is InChI=1S/C12H11N3O4/c1-7(16)13-9-5-3-8(4-6-9)10-14-11(19-15-10)12(17)18-2/h3-6H,1-2H3,(H,13,16). The molecule has 0 saturated carbocycles. The van der Waals surface area contributed by atoms with Gasteiger partial charge in [0.1, 0.15) is 0 Å². The van der Waals surface area contributed by atoms with Crippen LogP contribution in [0.5, 0.6) is 0 Å². The molecule has 1 aromatic carbocycles. The van der Waals surface area contributed by atoms with Crippen molar-refractivity contribution >= 4 is 17.6 Å². The van der Waals surface area contributed by atoms with Gasteiger partial charge in [0.25, 0.3) is 0 Å². The lowest BCUT2D eigenvalue weighted by atomic mass is 10.2. The molecule has 0 aliphatic carbocycles. The third kappa shape index (κ3) is 2.95. The van der Waals surface area contributed by atoms with Crippen LogP contribution in [0.25, 0.3) is 11.4 Å².